The SMILES string of the molecule is CCN(C(=O)C(F)F)C1COCC1C(=O)CBr. The molecule has 4 nitrogen and oxygen atoms in total. The highest BCUT2D eigenvalue weighted by atomic mass is 79.9. The highest BCUT2D eigenvalue weighted by Crippen LogP contribution is 2.22. The van der Waals surface area contributed by atoms with Crippen molar-refractivity contribution >= 4 is 27.6 Å². The normalized spacial score (nSPS) is 24.1. The molecule has 1 aliphatic heterocycles. The number of Topliss-reactive ketones (excluding diaryl/α,β-unsaturated/α-hetero) is 1. The molecule has 17 heavy (non-hydrogen) atoms. The Morgan fingerprint density at radius 2 is 2.12 bits per heavy atom. The third-order valence-corrected chi connectivity index (χ3v) is 3.36. The first-order valence-electron chi connectivity index (χ1n) is 5.28. The first kappa shape index (κ1) is 14.5. The zero-order chi connectivity index (χ0) is 13.0. The Bertz CT molecular complexity index is 301. The Hall–Kier alpha value is -0.560. The molecular weight excluding hydrogens is 300 g/mol. The van der Waals surface area contributed by atoms with E-state index in [-0.39, 0.29) is 30.9 Å². The molecule has 0 radical (unpaired) electrons. The smallest absolute Gasteiger partial charge is 0.315 e. The second-order valence-corrected chi connectivity index (χ2v) is 4.30. The van der Waals surface area contributed by atoms with Crippen LogP contribution in [0, 0.1) is 5.92 Å². The number of carbonyl (C=O) groups is 2. The van der Waals surface area contributed by atoms with Crippen LogP contribution in [0.1, 0.15) is 6.92 Å². The maximum atomic E-state index is 12.4. The van der Waals surface area contributed by atoms with Crippen LogP contribution in [-0.2, 0) is 14.3 Å². The van der Waals surface area contributed by atoms with Crippen molar-refractivity contribution < 1.29 is 23.1 Å². The quantitative estimate of drug-likeness (QED) is 0.714. The summed E-state index contributed by atoms with van der Waals surface area (Å²) < 4.78 is 29.9. The van der Waals surface area contributed by atoms with Crippen LogP contribution >= 0.6 is 15.9 Å². The lowest BCUT2D eigenvalue weighted by atomic mass is 9.98. The van der Waals surface area contributed by atoms with Gasteiger partial charge < -0.3 is 9.64 Å². The summed E-state index contributed by atoms with van der Waals surface area (Å²) >= 11 is 3.03. The summed E-state index contributed by atoms with van der Waals surface area (Å²) in [6.45, 7) is 2.06. The van der Waals surface area contributed by atoms with E-state index in [9.17, 15) is 18.4 Å². The molecule has 0 aromatic heterocycles. The molecular formula is C10H14BrF2NO3. The largest absolute Gasteiger partial charge is 0.378 e. The summed E-state index contributed by atoms with van der Waals surface area (Å²) in [5, 5.41) is 0.137. The molecule has 2 unspecified atom stereocenters. The molecule has 0 spiro atoms. The van der Waals surface area contributed by atoms with Crippen LogP contribution in [0.2, 0.25) is 0 Å². The third kappa shape index (κ3) is 3.22. The van der Waals surface area contributed by atoms with E-state index >= 15 is 0 Å². The van der Waals surface area contributed by atoms with Gasteiger partial charge in [0.15, 0.2) is 5.78 Å². The van der Waals surface area contributed by atoms with Gasteiger partial charge in [0, 0.05) is 6.54 Å². The molecule has 1 rings (SSSR count). The van der Waals surface area contributed by atoms with Gasteiger partial charge in [-0.3, -0.25) is 9.59 Å². The third-order valence-electron chi connectivity index (χ3n) is 2.81. The number of rotatable bonds is 5. The number of likely N-dealkylation sites (N-methyl/N-ethyl adjacent to an activating group) is 1. The van der Waals surface area contributed by atoms with Crippen molar-refractivity contribution in [2.45, 2.75) is 19.4 Å². The summed E-state index contributed by atoms with van der Waals surface area (Å²) in [6.07, 6.45) is -3.05. The minimum Gasteiger partial charge on any atom is -0.378 e. The van der Waals surface area contributed by atoms with Crippen molar-refractivity contribution in [3.63, 3.8) is 0 Å². The Balaban J connectivity index is 2.80. The van der Waals surface area contributed by atoms with E-state index in [1.807, 2.05) is 0 Å². The van der Waals surface area contributed by atoms with Crippen LogP contribution < -0.4 is 0 Å². The van der Waals surface area contributed by atoms with E-state index in [1.165, 1.54) is 0 Å². The van der Waals surface area contributed by atoms with Gasteiger partial charge in [-0.1, -0.05) is 15.9 Å². The monoisotopic (exact) mass is 313 g/mol. The second-order valence-electron chi connectivity index (χ2n) is 3.74. The fraction of sp³-hybridized carbons (Fsp3) is 0.800. The standard InChI is InChI=1S/C10H14BrF2NO3/c1-2-14(10(16)9(12)13)7-5-17-4-6(7)8(15)3-11/h6-7,9H,2-5H2,1H3. The van der Waals surface area contributed by atoms with Crippen molar-refractivity contribution in [2.24, 2.45) is 5.92 Å². The molecule has 1 heterocycles. The first-order chi connectivity index (χ1) is 8.02. The van der Waals surface area contributed by atoms with E-state index in [1.54, 1.807) is 6.92 Å². The van der Waals surface area contributed by atoms with Crippen LogP contribution in [0.15, 0.2) is 0 Å². The summed E-state index contributed by atoms with van der Waals surface area (Å²) in [6, 6.07) is -0.577. The summed E-state index contributed by atoms with van der Waals surface area (Å²) in [5.41, 5.74) is 0. The molecule has 0 bridgehead atoms. The lowest BCUT2D eigenvalue weighted by molar-refractivity contribution is -0.146. The second kappa shape index (κ2) is 6.39. The van der Waals surface area contributed by atoms with Gasteiger partial charge in [0.1, 0.15) is 0 Å². The van der Waals surface area contributed by atoms with Gasteiger partial charge in [0.05, 0.1) is 30.5 Å². The molecule has 7 heteroatoms. The van der Waals surface area contributed by atoms with Crippen LogP contribution in [-0.4, -0.2) is 54.1 Å². The Labute approximate surface area is 106 Å². The molecule has 0 aromatic rings. The highest BCUT2D eigenvalue weighted by molar-refractivity contribution is 9.09. The Morgan fingerprint density at radius 1 is 1.47 bits per heavy atom. The minimum absolute atomic E-state index is 0.131. The number of amides is 1. The predicted molar refractivity (Wildman–Crippen MR) is 60.3 cm³/mol. The lowest BCUT2D eigenvalue weighted by Gasteiger charge is -2.29. The molecule has 1 amide bonds. The van der Waals surface area contributed by atoms with Crippen LogP contribution in [0.5, 0.6) is 0 Å². The van der Waals surface area contributed by atoms with Gasteiger partial charge >= 0.3 is 6.43 Å². The van der Waals surface area contributed by atoms with Crippen molar-refractivity contribution in [1.82, 2.24) is 4.90 Å². The van der Waals surface area contributed by atoms with E-state index < -0.39 is 24.3 Å². The molecule has 1 fully saturated rings. The van der Waals surface area contributed by atoms with Crippen LogP contribution in [0.3, 0.4) is 0 Å². The number of ether oxygens (including phenoxy) is 1. The zero-order valence-electron chi connectivity index (χ0n) is 9.37. The zero-order valence-corrected chi connectivity index (χ0v) is 11.0. The number of halogens is 3. The maximum Gasteiger partial charge on any atom is 0.315 e. The van der Waals surface area contributed by atoms with Gasteiger partial charge in [-0.15, -0.1) is 0 Å². The number of nitrogens with zero attached hydrogens (tertiary/aromatic N) is 1. The molecule has 2 atom stereocenters. The molecule has 0 aromatic carbocycles. The Kier molecular flexibility index (Phi) is 5.45. The molecule has 0 N–H and O–H groups in total. The highest BCUT2D eigenvalue weighted by Gasteiger charge is 2.40. The van der Waals surface area contributed by atoms with E-state index in [4.69, 9.17) is 4.74 Å². The van der Waals surface area contributed by atoms with Crippen molar-refractivity contribution in [3.8, 4) is 0 Å². The van der Waals surface area contributed by atoms with E-state index in [0.29, 0.717) is 0 Å². The topological polar surface area (TPSA) is 46.6 Å². The molecule has 1 saturated heterocycles. The van der Waals surface area contributed by atoms with Gasteiger partial charge in [0.2, 0.25) is 0 Å². The molecule has 0 aliphatic carbocycles. The van der Waals surface area contributed by atoms with Crippen molar-refractivity contribution in [3.05, 3.63) is 0 Å². The fourth-order valence-corrected chi connectivity index (χ4v) is 2.35. The lowest BCUT2D eigenvalue weighted by Crippen LogP contribution is -2.48. The number of carbonyl (C=O) groups excluding carboxylic acids is 2. The van der Waals surface area contributed by atoms with E-state index in [2.05, 4.69) is 15.9 Å². The van der Waals surface area contributed by atoms with Crippen LogP contribution in [0.4, 0.5) is 8.78 Å². The minimum atomic E-state index is -3.05. The molecule has 1 aliphatic rings. The summed E-state index contributed by atoms with van der Waals surface area (Å²) in [4.78, 5) is 23.9. The Morgan fingerprint density at radius 3 is 2.59 bits per heavy atom. The van der Waals surface area contributed by atoms with Gasteiger partial charge in [-0.2, -0.15) is 8.78 Å². The fourth-order valence-electron chi connectivity index (χ4n) is 1.94. The number of ketones is 1. The summed E-state index contributed by atoms with van der Waals surface area (Å²) in [7, 11) is 0. The van der Waals surface area contributed by atoms with E-state index in [0.717, 1.165) is 4.90 Å². The molecule has 0 saturated carbocycles. The van der Waals surface area contributed by atoms with Crippen molar-refractivity contribution in [2.75, 3.05) is 25.1 Å². The number of hydrogen-bond donors (Lipinski definition) is 0. The first-order valence-corrected chi connectivity index (χ1v) is 6.40. The summed E-state index contributed by atoms with van der Waals surface area (Å²) in [5.74, 6) is -1.89. The number of alkyl halides is 3. The predicted octanol–water partition coefficient (Wildman–Crippen LogP) is 1.08. The average molecular weight is 314 g/mol. The van der Waals surface area contributed by atoms with Gasteiger partial charge in [-0.05, 0) is 6.92 Å². The maximum absolute atomic E-state index is 12.4. The van der Waals surface area contributed by atoms with Crippen molar-refractivity contribution in [1.29, 1.82) is 0 Å². The van der Waals surface area contributed by atoms with Crippen LogP contribution in [0.25, 0.3) is 0 Å². The van der Waals surface area contributed by atoms with Gasteiger partial charge in [0.25, 0.3) is 5.91 Å². The van der Waals surface area contributed by atoms with Gasteiger partial charge in [-0.25, -0.2) is 0 Å². The molecule has 98 valence electrons. The number of hydrogen-bond acceptors (Lipinski definition) is 3. The average Bonchev–Trinajstić information content (AvgIpc) is 2.77.